The van der Waals surface area contributed by atoms with Gasteiger partial charge in [-0.1, -0.05) is 35.8 Å². The molecule has 2 unspecified atom stereocenters. The summed E-state index contributed by atoms with van der Waals surface area (Å²) < 4.78 is 18.3. The second kappa shape index (κ2) is 6.24. The fraction of sp³-hybridized carbons (Fsp3) is 0.538. The SMILES string of the molecule is CCC(Br)C(C)Cc1ccc(OC)c(F)c1. The summed E-state index contributed by atoms with van der Waals surface area (Å²) in [6, 6.07) is 5.17. The van der Waals surface area contributed by atoms with Crippen LogP contribution in [0.3, 0.4) is 0 Å². The maximum atomic E-state index is 13.4. The highest BCUT2D eigenvalue weighted by Gasteiger charge is 2.13. The molecule has 0 radical (unpaired) electrons. The van der Waals surface area contributed by atoms with Gasteiger partial charge in [0.15, 0.2) is 11.6 Å². The molecule has 0 aliphatic heterocycles. The van der Waals surface area contributed by atoms with Crippen molar-refractivity contribution >= 4 is 15.9 Å². The maximum absolute atomic E-state index is 13.4. The smallest absolute Gasteiger partial charge is 0.165 e. The fourth-order valence-electron chi connectivity index (χ4n) is 1.74. The number of halogens is 2. The second-order valence-corrected chi connectivity index (χ2v) is 5.25. The summed E-state index contributed by atoms with van der Waals surface area (Å²) in [4.78, 5) is 0.484. The van der Waals surface area contributed by atoms with E-state index in [1.807, 2.05) is 6.07 Å². The molecule has 0 saturated heterocycles. The van der Waals surface area contributed by atoms with Crippen molar-refractivity contribution in [2.75, 3.05) is 7.11 Å². The van der Waals surface area contributed by atoms with Crippen molar-refractivity contribution < 1.29 is 9.13 Å². The molecule has 0 N–H and O–H groups in total. The van der Waals surface area contributed by atoms with Crippen LogP contribution in [0.15, 0.2) is 18.2 Å². The quantitative estimate of drug-likeness (QED) is 0.739. The average Bonchev–Trinajstić information content (AvgIpc) is 2.28. The minimum absolute atomic E-state index is 0.283. The van der Waals surface area contributed by atoms with E-state index >= 15 is 0 Å². The molecule has 0 bridgehead atoms. The van der Waals surface area contributed by atoms with Gasteiger partial charge >= 0.3 is 0 Å². The molecule has 90 valence electrons. The monoisotopic (exact) mass is 288 g/mol. The summed E-state index contributed by atoms with van der Waals surface area (Å²) in [5.74, 6) is 0.523. The number of hydrogen-bond donors (Lipinski definition) is 0. The third kappa shape index (κ3) is 3.48. The zero-order valence-electron chi connectivity index (χ0n) is 9.97. The van der Waals surface area contributed by atoms with E-state index in [0.717, 1.165) is 18.4 Å². The molecule has 1 aromatic rings. The van der Waals surface area contributed by atoms with Crippen molar-refractivity contribution in [3.63, 3.8) is 0 Å². The number of hydrogen-bond acceptors (Lipinski definition) is 1. The molecule has 0 heterocycles. The van der Waals surface area contributed by atoms with Gasteiger partial charge in [0.1, 0.15) is 0 Å². The lowest BCUT2D eigenvalue weighted by molar-refractivity contribution is 0.386. The van der Waals surface area contributed by atoms with Gasteiger partial charge in [0.25, 0.3) is 0 Å². The van der Waals surface area contributed by atoms with Crippen LogP contribution in [-0.4, -0.2) is 11.9 Å². The molecule has 1 nitrogen and oxygen atoms in total. The van der Waals surface area contributed by atoms with E-state index in [9.17, 15) is 4.39 Å². The summed E-state index contributed by atoms with van der Waals surface area (Å²) >= 11 is 3.63. The van der Waals surface area contributed by atoms with E-state index in [4.69, 9.17) is 4.74 Å². The largest absolute Gasteiger partial charge is 0.494 e. The molecule has 0 saturated carbocycles. The highest BCUT2D eigenvalue weighted by molar-refractivity contribution is 9.09. The average molecular weight is 289 g/mol. The molecule has 1 aromatic carbocycles. The molecule has 0 fully saturated rings. The van der Waals surface area contributed by atoms with Crippen LogP contribution in [0.4, 0.5) is 4.39 Å². The summed E-state index contributed by atoms with van der Waals surface area (Å²) in [5, 5.41) is 0. The Labute approximate surface area is 105 Å². The number of ether oxygens (including phenoxy) is 1. The van der Waals surface area contributed by atoms with Gasteiger partial charge in [0, 0.05) is 4.83 Å². The van der Waals surface area contributed by atoms with Crippen LogP contribution in [0.5, 0.6) is 5.75 Å². The molecule has 2 atom stereocenters. The van der Waals surface area contributed by atoms with E-state index in [-0.39, 0.29) is 5.82 Å². The van der Waals surface area contributed by atoms with Crippen molar-refractivity contribution in [2.45, 2.75) is 31.5 Å². The van der Waals surface area contributed by atoms with Gasteiger partial charge in [-0.25, -0.2) is 4.39 Å². The van der Waals surface area contributed by atoms with Crippen LogP contribution >= 0.6 is 15.9 Å². The van der Waals surface area contributed by atoms with Crippen molar-refractivity contribution in [3.05, 3.63) is 29.6 Å². The van der Waals surface area contributed by atoms with E-state index in [1.54, 1.807) is 12.1 Å². The molecule has 0 amide bonds. The molecule has 0 aliphatic rings. The molecule has 16 heavy (non-hydrogen) atoms. The van der Waals surface area contributed by atoms with Gasteiger partial charge in [0.2, 0.25) is 0 Å². The Hall–Kier alpha value is -0.570. The standard InChI is InChI=1S/C13H18BrFO/c1-4-11(14)9(2)7-10-5-6-13(16-3)12(15)8-10/h5-6,8-9,11H,4,7H2,1-3H3. The van der Waals surface area contributed by atoms with E-state index in [1.165, 1.54) is 7.11 Å². The predicted octanol–water partition coefficient (Wildman–Crippen LogP) is 4.19. The first-order chi connectivity index (χ1) is 7.58. The molecule has 0 aromatic heterocycles. The normalized spacial score (nSPS) is 14.6. The number of benzene rings is 1. The van der Waals surface area contributed by atoms with Gasteiger partial charge in [-0.3, -0.25) is 0 Å². The summed E-state index contributed by atoms with van der Waals surface area (Å²) in [6.45, 7) is 4.32. The lowest BCUT2D eigenvalue weighted by atomic mass is 9.97. The third-order valence-electron chi connectivity index (χ3n) is 2.78. The van der Waals surface area contributed by atoms with Crippen molar-refractivity contribution in [1.29, 1.82) is 0 Å². The summed E-state index contributed by atoms with van der Waals surface area (Å²) in [5.41, 5.74) is 1.02. The van der Waals surface area contributed by atoms with E-state index in [2.05, 4.69) is 29.8 Å². The predicted molar refractivity (Wildman–Crippen MR) is 68.8 cm³/mol. The summed E-state index contributed by atoms with van der Waals surface area (Å²) in [6.07, 6.45) is 1.96. The fourth-order valence-corrected chi connectivity index (χ4v) is 1.93. The molecule has 1 rings (SSSR count). The minimum Gasteiger partial charge on any atom is -0.494 e. The van der Waals surface area contributed by atoms with Crippen LogP contribution in [0, 0.1) is 11.7 Å². The van der Waals surface area contributed by atoms with Crippen LogP contribution in [-0.2, 0) is 6.42 Å². The number of methoxy groups -OCH3 is 1. The lowest BCUT2D eigenvalue weighted by Crippen LogP contribution is -2.12. The Balaban J connectivity index is 2.71. The second-order valence-electron chi connectivity index (χ2n) is 4.07. The van der Waals surface area contributed by atoms with E-state index in [0.29, 0.717) is 16.5 Å². The van der Waals surface area contributed by atoms with Gasteiger partial charge in [0.05, 0.1) is 7.11 Å². The highest BCUT2D eigenvalue weighted by Crippen LogP contribution is 2.23. The van der Waals surface area contributed by atoms with Crippen LogP contribution < -0.4 is 4.74 Å². The first kappa shape index (κ1) is 13.5. The number of alkyl halides is 1. The number of rotatable bonds is 5. The zero-order chi connectivity index (χ0) is 12.1. The molecule has 3 heteroatoms. The Morgan fingerprint density at radius 1 is 1.44 bits per heavy atom. The van der Waals surface area contributed by atoms with Crippen LogP contribution in [0.1, 0.15) is 25.8 Å². The highest BCUT2D eigenvalue weighted by atomic mass is 79.9. The van der Waals surface area contributed by atoms with Gasteiger partial charge in [-0.15, -0.1) is 0 Å². The topological polar surface area (TPSA) is 9.23 Å². The van der Waals surface area contributed by atoms with Crippen LogP contribution in [0.2, 0.25) is 0 Å². The van der Waals surface area contributed by atoms with Crippen LogP contribution in [0.25, 0.3) is 0 Å². The Morgan fingerprint density at radius 2 is 2.12 bits per heavy atom. The molecular weight excluding hydrogens is 271 g/mol. The minimum atomic E-state index is -0.283. The first-order valence-corrected chi connectivity index (χ1v) is 6.46. The van der Waals surface area contributed by atoms with Crippen molar-refractivity contribution in [3.8, 4) is 5.75 Å². The van der Waals surface area contributed by atoms with Gasteiger partial charge in [-0.05, 0) is 36.5 Å². The third-order valence-corrected chi connectivity index (χ3v) is 4.33. The van der Waals surface area contributed by atoms with Gasteiger partial charge in [-0.2, -0.15) is 0 Å². The maximum Gasteiger partial charge on any atom is 0.165 e. The molecule has 0 spiro atoms. The zero-order valence-corrected chi connectivity index (χ0v) is 11.6. The van der Waals surface area contributed by atoms with E-state index < -0.39 is 0 Å². The van der Waals surface area contributed by atoms with Crippen molar-refractivity contribution in [1.82, 2.24) is 0 Å². The Bertz CT molecular complexity index is 341. The lowest BCUT2D eigenvalue weighted by Gasteiger charge is -2.16. The molecular formula is C13H18BrFO. The van der Waals surface area contributed by atoms with Crippen molar-refractivity contribution in [2.24, 2.45) is 5.92 Å². The Kier molecular flexibility index (Phi) is 5.26. The first-order valence-electron chi connectivity index (χ1n) is 5.55. The summed E-state index contributed by atoms with van der Waals surface area (Å²) in [7, 11) is 1.48. The Morgan fingerprint density at radius 3 is 2.62 bits per heavy atom. The molecule has 0 aliphatic carbocycles. The van der Waals surface area contributed by atoms with Gasteiger partial charge < -0.3 is 4.74 Å².